The highest BCUT2D eigenvalue weighted by atomic mass is 32.2. The number of carbonyl (C=O) groups excluding carboxylic acids is 1. The molecule has 0 aliphatic carbocycles. The number of amides is 1. The molecule has 0 saturated heterocycles. The maximum absolute atomic E-state index is 11.7. The number of hydrogen-bond donors (Lipinski definition) is 1. The molecule has 112 valence electrons. The van der Waals surface area contributed by atoms with E-state index in [0.29, 0.717) is 11.3 Å². The van der Waals surface area contributed by atoms with E-state index in [-0.39, 0.29) is 11.9 Å². The zero-order chi connectivity index (χ0) is 15.2. The highest BCUT2D eigenvalue weighted by Gasteiger charge is 2.11. The van der Waals surface area contributed by atoms with Crippen LogP contribution in [0.3, 0.4) is 0 Å². The highest BCUT2D eigenvalue weighted by molar-refractivity contribution is 7.90. The average Bonchev–Trinajstić information content (AvgIpc) is 2.38. The van der Waals surface area contributed by atoms with Gasteiger partial charge in [-0.2, -0.15) is 0 Å². The summed E-state index contributed by atoms with van der Waals surface area (Å²) in [5, 5.41) is 2.92. The quantitative estimate of drug-likeness (QED) is 0.787. The predicted octanol–water partition coefficient (Wildman–Crippen LogP) is 2.85. The molecule has 4 nitrogen and oxygen atoms in total. The minimum Gasteiger partial charge on any atom is -0.350 e. The van der Waals surface area contributed by atoms with Gasteiger partial charge >= 0.3 is 0 Å². The Hall–Kier alpha value is -1.36. The van der Waals surface area contributed by atoms with Gasteiger partial charge in [0, 0.05) is 12.7 Å². The van der Waals surface area contributed by atoms with Crippen LogP contribution in [0.25, 0.3) is 0 Å². The van der Waals surface area contributed by atoms with Crippen molar-refractivity contribution in [1.29, 1.82) is 0 Å². The molecule has 1 aromatic rings. The van der Waals surface area contributed by atoms with Crippen LogP contribution in [-0.4, -0.2) is 20.6 Å². The maximum atomic E-state index is 11.7. The second-order valence-corrected chi connectivity index (χ2v) is 7.10. The van der Waals surface area contributed by atoms with Crippen LogP contribution >= 0.6 is 0 Å². The second-order valence-electron chi connectivity index (χ2n) is 5.09. The highest BCUT2D eigenvalue weighted by Crippen LogP contribution is 2.16. The monoisotopic (exact) mass is 297 g/mol. The van der Waals surface area contributed by atoms with Crippen LogP contribution < -0.4 is 5.32 Å². The molecule has 1 aromatic carbocycles. The van der Waals surface area contributed by atoms with Gasteiger partial charge in [0.15, 0.2) is 9.84 Å². The molecule has 1 atom stereocenters. The normalized spacial score (nSPS) is 12.9. The first-order chi connectivity index (χ1) is 9.34. The summed E-state index contributed by atoms with van der Waals surface area (Å²) in [5.41, 5.74) is 0.904. The molecule has 1 N–H and O–H groups in total. The summed E-state index contributed by atoms with van der Waals surface area (Å²) in [6.07, 6.45) is 4.78. The van der Waals surface area contributed by atoms with Crippen LogP contribution in [0.4, 0.5) is 0 Å². The Morgan fingerprint density at radius 3 is 2.30 bits per heavy atom. The minimum atomic E-state index is -3.17. The third-order valence-corrected chi connectivity index (χ3v) is 4.32. The van der Waals surface area contributed by atoms with E-state index in [1.165, 1.54) is 6.26 Å². The molecule has 0 fully saturated rings. The van der Waals surface area contributed by atoms with Crippen molar-refractivity contribution in [2.24, 2.45) is 0 Å². The summed E-state index contributed by atoms with van der Waals surface area (Å²) < 4.78 is 22.7. The maximum Gasteiger partial charge on any atom is 0.220 e. The van der Waals surface area contributed by atoms with Crippen molar-refractivity contribution in [3.05, 3.63) is 29.8 Å². The van der Waals surface area contributed by atoms with E-state index in [9.17, 15) is 13.2 Å². The first-order valence-corrected chi connectivity index (χ1v) is 8.83. The van der Waals surface area contributed by atoms with Crippen LogP contribution in [0.5, 0.6) is 0 Å². The third-order valence-electron chi connectivity index (χ3n) is 3.19. The molecule has 0 aromatic heterocycles. The van der Waals surface area contributed by atoms with E-state index in [1.807, 2.05) is 6.92 Å². The Labute approximate surface area is 121 Å². The van der Waals surface area contributed by atoms with Crippen molar-refractivity contribution in [2.45, 2.75) is 50.5 Å². The van der Waals surface area contributed by atoms with E-state index in [4.69, 9.17) is 0 Å². The molecule has 20 heavy (non-hydrogen) atoms. The Balaban J connectivity index is 2.60. The summed E-state index contributed by atoms with van der Waals surface area (Å²) in [5.74, 6) is 0.0399. The molecule has 5 heteroatoms. The number of rotatable bonds is 7. The number of unbranched alkanes of at least 4 members (excludes halogenated alkanes) is 2. The predicted molar refractivity (Wildman–Crippen MR) is 80.3 cm³/mol. The van der Waals surface area contributed by atoms with Gasteiger partial charge in [0.2, 0.25) is 5.91 Å². The van der Waals surface area contributed by atoms with Gasteiger partial charge in [-0.25, -0.2) is 8.42 Å². The average molecular weight is 297 g/mol. The van der Waals surface area contributed by atoms with Crippen molar-refractivity contribution >= 4 is 15.7 Å². The second kappa shape index (κ2) is 7.43. The molecule has 0 aliphatic heterocycles. The Morgan fingerprint density at radius 2 is 1.80 bits per heavy atom. The topological polar surface area (TPSA) is 63.2 Å². The van der Waals surface area contributed by atoms with Gasteiger partial charge in [-0.15, -0.1) is 0 Å². The zero-order valence-corrected chi connectivity index (χ0v) is 13.2. The molecule has 0 bridgehead atoms. The largest absolute Gasteiger partial charge is 0.350 e. The SMILES string of the molecule is CCCCCC(=O)NC(C)c1ccc(S(C)(=O)=O)cc1. The van der Waals surface area contributed by atoms with Crippen molar-refractivity contribution < 1.29 is 13.2 Å². The fraction of sp³-hybridized carbons (Fsp3) is 0.533. The van der Waals surface area contributed by atoms with E-state index in [1.54, 1.807) is 24.3 Å². The first kappa shape index (κ1) is 16.7. The lowest BCUT2D eigenvalue weighted by atomic mass is 10.1. The molecule has 0 aliphatic rings. The van der Waals surface area contributed by atoms with Gasteiger partial charge in [0.1, 0.15) is 0 Å². The molecule has 1 unspecified atom stereocenters. The van der Waals surface area contributed by atoms with E-state index in [2.05, 4.69) is 12.2 Å². The molecular formula is C15H23NO3S. The van der Waals surface area contributed by atoms with Crippen molar-refractivity contribution in [2.75, 3.05) is 6.26 Å². The van der Waals surface area contributed by atoms with Crippen molar-refractivity contribution in [3.63, 3.8) is 0 Å². The standard InChI is InChI=1S/C15H23NO3S/c1-4-5-6-7-15(17)16-12(2)13-8-10-14(11-9-13)20(3,18)19/h8-12H,4-7H2,1-3H3,(H,16,17). The summed E-state index contributed by atoms with van der Waals surface area (Å²) in [6, 6.07) is 6.52. The first-order valence-electron chi connectivity index (χ1n) is 6.94. The summed E-state index contributed by atoms with van der Waals surface area (Å²) >= 11 is 0. The zero-order valence-electron chi connectivity index (χ0n) is 12.3. The van der Waals surface area contributed by atoms with Gasteiger partial charge in [-0.05, 0) is 31.0 Å². The number of carbonyl (C=O) groups is 1. The number of hydrogen-bond acceptors (Lipinski definition) is 3. The van der Waals surface area contributed by atoms with Gasteiger partial charge < -0.3 is 5.32 Å². The molecule has 0 heterocycles. The molecule has 1 amide bonds. The van der Waals surface area contributed by atoms with Gasteiger partial charge in [0.05, 0.1) is 10.9 Å². The Kier molecular flexibility index (Phi) is 6.20. The Morgan fingerprint density at radius 1 is 1.20 bits per heavy atom. The summed E-state index contributed by atoms with van der Waals surface area (Å²) in [4.78, 5) is 12.0. The van der Waals surface area contributed by atoms with Gasteiger partial charge in [-0.1, -0.05) is 31.9 Å². The molecule has 0 saturated carbocycles. The molecule has 0 spiro atoms. The van der Waals surface area contributed by atoms with Crippen LogP contribution in [0.15, 0.2) is 29.2 Å². The van der Waals surface area contributed by atoms with Gasteiger partial charge in [0.25, 0.3) is 0 Å². The molecule has 1 rings (SSSR count). The van der Waals surface area contributed by atoms with Crippen molar-refractivity contribution in [1.82, 2.24) is 5.32 Å². The lowest BCUT2D eigenvalue weighted by Gasteiger charge is -2.14. The third kappa shape index (κ3) is 5.33. The number of benzene rings is 1. The lowest BCUT2D eigenvalue weighted by Crippen LogP contribution is -2.26. The van der Waals surface area contributed by atoms with Crippen LogP contribution in [0.2, 0.25) is 0 Å². The molecular weight excluding hydrogens is 274 g/mol. The van der Waals surface area contributed by atoms with E-state index < -0.39 is 9.84 Å². The smallest absolute Gasteiger partial charge is 0.220 e. The lowest BCUT2D eigenvalue weighted by molar-refractivity contribution is -0.121. The number of sulfone groups is 1. The van der Waals surface area contributed by atoms with E-state index >= 15 is 0 Å². The van der Waals surface area contributed by atoms with Crippen LogP contribution in [0.1, 0.15) is 51.1 Å². The fourth-order valence-electron chi connectivity index (χ4n) is 1.94. The summed E-state index contributed by atoms with van der Waals surface area (Å²) in [6.45, 7) is 4.00. The van der Waals surface area contributed by atoms with E-state index in [0.717, 1.165) is 24.8 Å². The minimum absolute atomic E-state index is 0.0399. The summed E-state index contributed by atoms with van der Waals surface area (Å²) in [7, 11) is -3.17. The van der Waals surface area contributed by atoms with Gasteiger partial charge in [-0.3, -0.25) is 4.79 Å². The van der Waals surface area contributed by atoms with Crippen molar-refractivity contribution in [3.8, 4) is 0 Å². The number of nitrogens with one attached hydrogen (secondary N) is 1. The molecule has 0 radical (unpaired) electrons. The van der Waals surface area contributed by atoms with Crippen LogP contribution in [-0.2, 0) is 14.6 Å². The Bertz CT molecular complexity index is 535. The van der Waals surface area contributed by atoms with Crippen LogP contribution in [0, 0.1) is 0 Å². The fourth-order valence-corrected chi connectivity index (χ4v) is 2.57.